The van der Waals surface area contributed by atoms with Gasteiger partial charge in [0.05, 0.1) is 19.4 Å². The predicted molar refractivity (Wildman–Crippen MR) is 92.6 cm³/mol. The maximum absolute atomic E-state index is 12.6. The van der Waals surface area contributed by atoms with Crippen LogP contribution in [-0.4, -0.2) is 47.5 Å². The number of carbonyl (C=O) groups is 2. The van der Waals surface area contributed by atoms with Crippen molar-refractivity contribution in [2.75, 3.05) is 18.7 Å². The van der Waals surface area contributed by atoms with Gasteiger partial charge in [-0.2, -0.15) is 0 Å². The minimum absolute atomic E-state index is 0.0208. The van der Waals surface area contributed by atoms with E-state index in [2.05, 4.69) is 5.32 Å². The second-order valence-corrected chi connectivity index (χ2v) is 6.73. The van der Waals surface area contributed by atoms with E-state index in [1.54, 1.807) is 23.8 Å². The highest BCUT2D eigenvalue weighted by molar-refractivity contribution is 7.99. The van der Waals surface area contributed by atoms with Gasteiger partial charge in [-0.1, -0.05) is 19.1 Å². The van der Waals surface area contributed by atoms with Crippen molar-refractivity contribution in [1.82, 2.24) is 10.2 Å². The average Bonchev–Trinajstić information content (AvgIpc) is 3.04. The maximum atomic E-state index is 12.6. The predicted octanol–water partition coefficient (Wildman–Crippen LogP) is 2.05. The third-order valence-electron chi connectivity index (χ3n) is 4.00. The smallest absolute Gasteiger partial charge is 0.243 e. The molecule has 1 saturated heterocycles. The van der Waals surface area contributed by atoms with Gasteiger partial charge < -0.3 is 15.0 Å². The van der Waals surface area contributed by atoms with Crippen LogP contribution >= 0.6 is 11.8 Å². The third-order valence-corrected chi connectivity index (χ3v) is 5.01. The molecule has 0 saturated carbocycles. The topological polar surface area (TPSA) is 58.6 Å². The van der Waals surface area contributed by atoms with Crippen molar-refractivity contribution in [3.05, 3.63) is 29.8 Å². The van der Waals surface area contributed by atoms with Crippen LogP contribution < -0.4 is 10.1 Å². The number of hydrogen-bond donors (Lipinski definition) is 1. The summed E-state index contributed by atoms with van der Waals surface area (Å²) < 4.78 is 5.18. The second kappa shape index (κ2) is 8.24. The van der Waals surface area contributed by atoms with E-state index >= 15 is 0 Å². The lowest BCUT2D eigenvalue weighted by Gasteiger charge is -2.24. The molecule has 23 heavy (non-hydrogen) atoms. The summed E-state index contributed by atoms with van der Waals surface area (Å²) in [4.78, 5) is 26.6. The minimum atomic E-state index is -0.368. The minimum Gasteiger partial charge on any atom is -0.497 e. The number of carbonyl (C=O) groups excluding carboxylic acids is 2. The maximum Gasteiger partial charge on any atom is 0.243 e. The highest BCUT2D eigenvalue weighted by Crippen LogP contribution is 2.23. The fraction of sp³-hybridized carbons (Fsp3) is 0.529. The van der Waals surface area contributed by atoms with Crippen LogP contribution in [0.15, 0.2) is 24.3 Å². The van der Waals surface area contributed by atoms with E-state index in [1.165, 1.54) is 0 Å². The highest BCUT2D eigenvalue weighted by atomic mass is 32.2. The van der Waals surface area contributed by atoms with Gasteiger partial charge >= 0.3 is 0 Å². The Morgan fingerprint density at radius 1 is 1.48 bits per heavy atom. The van der Waals surface area contributed by atoms with E-state index in [-0.39, 0.29) is 30.3 Å². The molecule has 2 rings (SSSR count). The molecule has 1 aromatic carbocycles. The average molecular weight is 336 g/mol. The molecule has 0 aliphatic carbocycles. The van der Waals surface area contributed by atoms with Gasteiger partial charge in [-0.15, -0.1) is 11.8 Å². The number of nitrogens with one attached hydrogen (secondary N) is 1. The Labute approximate surface area is 141 Å². The molecular weight excluding hydrogens is 312 g/mol. The van der Waals surface area contributed by atoms with Crippen molar-refractivity contribution in [2.24, 2.45) is 0 Å². The van der Waals surface area contributed by atoms with Crippen LogP contribution in [0.1, 0.15) is 25.8 Å². The van der Waals surface area contributed by atoms with Gasteiger partial charge in [0.15, 0.2) is 0 Å². The van der Waals surface area contributed by atoms with Crippen molar-refractivity contribution in [2.45, 2.75) is 38.8 Å². The number of methoxy groups -OCH3 is 1. The van der Waals surface area contributed by atoms with Crippen LogP contribution in [0.5, 0.6) is 5.75 Å². The summed E-state index contributed by atoms with van der Waals surface area (Å²) >= 11 is 1.62. The molecule has 5 nitrogen and oxygen atoms in total. The molecule has 0 bridgehead atoms. The van der Waals surface area contributed by atoms with Crippen molar-refractivity contribution in [1.29, 1.82) is 0 Å². The summed E-state index contributed by atoms with van der Waals surface area (Å²) in [5.74, 6) is 1.89. The molecular formula is C17H24N2O3S. The Bertz CT molecular complexity index is 565. The van der Waals surface area contributed by atoms with Crippen LogP contribution in [0.25, 0.3) is 0 Å². The van der Waals surface area contributed by atoms with Gasteiger partial charge in [-0.25, -0.2) is 0 Å². The molecule has 126 valence electrons. The second-order valence-electron chi connectivity index (χ2n) is 5.73. The molecule has 0 radical (unpaired) electrons. The molecule has 1 aromatic rings. The fourth-order valence-corrected chi connectivity index (χ4v) is 3.59. The van der Waals surface area contributed by atoms with Crippen LogP contribution in [0.2, 0.25) is 0 Å². The van der Waals surface area contributed by atoms with Gasteiger partial charge in [0, 0.05) is 11.8 Å². The number of amides is 2. The van der Waals surface area contributed by atoms with E-state index in [9.17, 15) is 9.59 Å². The lowest BCUT2D eigenvalue weighted by Crippen LogP contribution is -2.49. The number of thioether (sulfide) groups is 1. The fourth-order valence-electron chi connectivity index (χ4n) is 2.41. The van der Waals surface area contributed by atoms with E-state index in [0.29, 0.717) is 11.6 Å². The Kier molecular flexibility index (Phi) is 6.33. The molecule has 1 fully saturated rings. The number of hydrogen-bond acceptors (Lipinski definition) is 4. The normalized spacial score (nSPS) is 18.6. The zero-order valence-electron chi connectivity index (χ0n) is 13.9. The summed E-state index contributed by atoms with van der Waals surface area (Å²) in [6.45, 7) is 4.00. The molecule has 1 aliphatic heterocycles. The molecule has 1 aliphatic rings. The lowest BCUT2D eigenvalue weighted by molar-refractivity contribution is -0.137. The van der Waals surface area contributed by atoms with E-state index in [0.717, 1.165) is 17.7 Å². The van der Waals surface area contributed by atoms with Crippen molar-refractivity contribution in [3.8, 4) is 5.75 Å². The lowest BCUT2D eigenvalue weighted by atomic mass is 10.1. The summed E-state index contributed by atoms with van der Waals surface area (Å²) in [6.07, 6.45) is 1.16. The molecule has 6 heteroatoms. The quantitative estimate of drug-likeness (QED) is 0.864. The summed E-state index contributed by atoms with van der Waals surface area (Å²) in [5, 5.41) is 2.97. The zero-order valence-corrected chi connectivity index (χ0v) is 14.7. The Morgan fingerprint density at radius 3 is 2.96 bits per heavy atom. The number of benzene rings is 1. The summed E-state index contributed by atoms with van der Waals surface area (Å²) in [7, 11) is 1.60. The Hall–Kier alpha value is -1.69. The Balaban J connectivity index is 2.01. The van der Waals surface area contributed by atoms with Crippen molar-refractivity contribution < 1.29 is 14.3 Å². The van der Waals surface area contributed by atoms with Crippen molar-refractivity contribution in [3.63, 3.8) is 0 Å². The third kappa shape index (κ3) is 4.64. The first-order valence-corrected chi connectivity index (χ1v) is 9.01. The zero-order chi connectivity index (χ0) is 16.8. The molecule has 0 spiro atoms. The van der Waals surface area contributed by atoms with Gasteiger partial charge in [-0.05, 0) is 31.0 Å². The van der Waals surface area contributed by atoms with Crippen molar-refractivity contribution >= 4 is 23.6 Å². The van der Waals surface area contributed by atoms with Gasteiger partial charge in [0.1, 0.15) is 11.8 Å². The van der Waals surface area contributed by atoms with Crippen LogP contribution in [0, 0.1) is 0 Å². The number of ether oxygens (including phenoxy) is 1. The summed E-state index contributed by atoms with van der Waals surface area (Å²) in [6, 6.07) is 7.23. The van der Waals surface area contributed by atoms with E-state index < -0.39 is 0 Å². The molecule has 1 N–H and O–H groups in total. The molecule has 1 heterocycles. The monoisotopic (exact) mass is 336 g/mol. The van der Waals surface area contributed by atoms with Crippen LogP contribution in [0.3, 0.4) is 0 Å². The van der Waals surface area contributed by atoms with Gasteiger partial charge in [0.2, 0.25) is 11.8 Å². The first-order valence-electron chi connectivity index (χ1n) is 7.85. The van der Waals surface area contributed by atoms with E-state index in [4.69, 9.17) is 4.74 Å². The number of nitrogens with zero attached hydrogens (tertiary/aromatic N) is 1. The van der Waals surface area contributed by atoms with Gasteiger partial charge in [0.25, 0.3) is 0 Å². The first-order chi connectivity index (χ1) is 11.0. The first kappa shape index (κ1) is 17.7. The standard InChI is InChI=1S/C17H24N2O3S/c1-4-12(2)18-17(21)15-10-23-11-19(15)16(20)9-13-6-5-7-14(8-13)22-3/h5-8,12,15H,4,9-11H2,1-3H3,(H,18,21)/t12-,15+/m1/s1. The molecule has 2 atom stereocenters. The number of rotatable bonds is 6. The van der Waals surface area contributed by atoms with Gasteiger partial charge in [-0.3, -0.25) is 9.59 Å². The summed E-state index contributed by atoms with van der Waals surface area (Å²) in [5.41, 5.74) is 0.896. The Morgan fingerprint density at radius 2 is 2.26 bits per heavy atom. The van der Waals surface area contributed by atoms with Crippen LogP contribution in [0.4, 0.5) is 0 Å². The highest BCUT2D eigenvalue weighted by Gasteiger charge is 2.34. The molecule has 2 amide bonds. The largest absolute Gasteiger partial charge is 0.497 e. The SMILES string of the molecule is CC[C@@H](C)NC(=O)[C@@H]1CSCN1C(=O)Cc1cccc(OC)c1. The molecule has 0 aromatic heterocycles. The van der Waals surface area contributed by atoms with Crippen LogP contribution in [-0.2, 0) is 16.0 Å². The van der Waals surface area contributed by atoms with E-state index in [1.807, 2.05) is 38.1 Å². The molecule has 0 unspecified atom stereocenters.